The van der Waals surface area contributed by atoms with Crippen molar-refractivity contribution >= 4 is 12.3 Å². The number of nitrogens with zero attached hydrogens (tertiary/aromatic N) is 1. The van der Waals surface area contributed by atoms with Crippen molar-refractivity contribution in [3.63, 3.8) is 0 Å². The molecular formula is C21H23NO5. The van der Waals surface area contributed by atoms with Gasteiger partial charge in [-0.15, -0.1) is 0 Å². The number of esters is 1. The van der Waals surface area contributed by atoms with Crippen LogP contribution >= 0.6 is 0 Å². The summed E-state index contributed by atoms with van der Waals surface area (Å²) >= 11 is 0. The van der Waals surface area contributed by atoms with Gasteiger partial charge in [-0.25, -0.2) is 0 Å². The lowest BCUT2D eigenvalue weighted by molar-refractivity contribution is -0.185. The molecule has 1 saturated heterocycles. The highest BCUT2D eigenvalue weighted by molar-refractivity contribution is 5.80. The van der Waals surface area contributed by atoms with Crippen molar-refractivity contribution in [2.24, 2.45) is 5.92 Å². The SMILES string of the molecule is COc1ccc(COC(=O)[C@@H]2[C@H](C=O)[C@@H](C)ON2Cc2ccccc2)cc1. The molecule has 3 rings (SSSR count). The first-order chi connectivity index (χ1) is 13.1. The Hall–Kier alpha value is -2.70. The van der Waals surface area contributed by atoms with Crippen LogP contribution in [0.15, 0.2) is 54.6 Å². The fourth-order valence-electron chi connectivity index (χ4n) is 3.12. The molecule has 6 heteroatoms. The van der Waals surface area contributed by atoms with E-state index in [0.717, 1.165) is 23.2 Å². The zero-order chi connectivity index (χ0) is 19.2. The molecule has 1 fully saturated rings. The molecule has 6 nitrogen and oxygen atoms in total. The van der Waals surface area contributed by atoms with E-state index in [1.807, 2.05) is 42.5 Å². The van der Waals surface area contributed by atoms with Crippen LogP contribution in [0.2, 0.25) is 0 Å². The first-order valence-corrected chi connectivity index (χ1v) is 8.84. The summed E-state index contributed by atoms with van der Waals surface area (Å²) in [6.07, 6.45) is 0.388. The van der Waals surface area contributed by atoms with Crippen LogP contribution in [-0.2, 0) is 32.3 Å². The molecule has 0 N–H and O–H groups in total. The quantitative estimate of drug-likeness (QED) is 0.552. The Morgan fingerprint density at radius 3 is 2.44 bits per heavy atom. The van der Waals surface area contributed by atoms with Gasteiger partial charge in [0.25, 0.3) is 0 Å². The van der Waals surface area contributed by atoms with E-state index in [0.29, 0.717) is 6.54 Å². The number of aldehydes is 1. The minimum absolute atomic E-state index is 0.123. The summed E-state index contributed by atoms with van der Waals surface area (Å²) < 4.78 is 10.6. The Bertz CT molecular complexity index is 762. The van der Waals surface area contributed by atoms with Crippen molar-refractivity contribution in [3.05, 3.63) is 65.7 Å². The fraction of sp³-hybridized carbons (Fsp3) is 0.333. The average molecular weight is 369 g/mol. The van der Waals surface area contributed by atoms with Gasteiger partial charge < -0.3 is 14.3 Å². The molecule has 2 aromatic carbocycles. The summed E-state index contributed by atoms with van der Waals surface area (Å²) in [7, 11) is 1.59. The van der Waals surface area contributed by atoms with Crippen molar-refractivity contribution in [1.29, 1.82) is 0 Å². The van der Waals surface area contributed by atoms with Crippen LogP contribution < -0.4 is 4.74 Å². The molecule has 1 aliphatic heterocycles. The van der Waals surface area contributed by atoms with Crippen molar-refractivity contribution < 1.29 is 23.9 Å². The lowest BCUT2D eigenvalue weighted by atomic mass is 9.97. The molecule has 27 heavy (non-hydrogen) atoms. The third-order valence-corrected chi connectivity index (χ3v) is 4.64. The molecule has 0 aliphatic carbocycles. The van der Waals surface area contributed by atoms with E-state index in [1.165, 1.54) is 0 Å². The van der Waals surface area contributed by atoms with Crippen molar-refractivity contribution in [3.8, 4) is 5.75 Å². The Kier molecular flexibility index (Phi) is 6.21. The number of hydrogen-bond acceptors (Lipinski definition) is 6. The van der Waals surface area contributed by atoms with Gasteiger partial charge in [-0.2, -0.15) is 5.06 Å². The van der Waals surface area contributed by atoms with Crippen molar-refractivity contribution in [2.45, 2.75) is 32.2 Å². The molecular weight excluding hydrogens is 346 g/mol. The van der Waals surface area contributed by atoms with Crippen LogP contribution in [-0.4, -0.2) is 36.6 Å². The molecule has 2 aromatic rings. The number of methoxy groups -OCH3 is 1. The third-order valence-electron chi connectivity index (χ3n) is 4.64. The molecule has 3 atom stereocenters. The lowest BCUT2D eigenvalue weighted by Crippen LogP contribution is -2.40. The molecule has 1 heterocycles. The monoisotopic (exact) mass is 369 g/mol. The predicted molar refractivity (Wildman–Crippen MR) is 98.7 cm³/mol. The zero-order valence-corrected chi connectivity index (χ0v) is 15.4. The van der Waals surface area contributed by atoms with Crippen LogP contribution in [0.5, 0.6) is 5.75 Å². The molecule has 0 aromatic heterocycles. The molecule has 0 spiro atoms. The molecule has 0 bridgehead atoms. The Labute approximate surface area is 158 Å². The van der Waals surface area contributed by atoms with Crippen LogP contribution in [0.3, 0.4) is 0 Å². The van der Waals surface area contributed by atoms with Gasteiger partial charge in [0.05, 0.1) is 25.7 Å². The van der Waals surface area contributed by atoms with E-state index >= 15 is 0 Å². The minimum Gasteiger partial charge on any atom is -0.497 e. The van der Waals surface area contributed by atoms with E-state index in [9.17, 15) is 9.59 Å². The first-order valence-electron chi connectivity index (χ1n) is 8.84. The summed E-state index contributed by atoms with van der Waals surface area (Å²) in [6, 6.07) is 16.2. The summed E-state index contributed by atoms with van der Waals surface area (Å²) in [4.78, 5) is 30.0. The number of ether oxygens (including phenoxy) is 2. The van der Waals surface area contributed by atoms with Crippen LogP contribution in [0.1, 0.15) is 18.1 Å². The Balaban J connectivity index is 1.68. The topological polar surface area (TPSA) is 65.1 Å². The second-order valence-electron chi connectivity index (χ2n) is 6.49. The highest BCUT2D eigenvalue weighted by Crippen LogP contribution is 2.29. The van der Waals surface area contributed by atoms with E-state index in [-0.39, 0.29) is 12.7 Å². The van der Waals surface area contributed by atoms with Gasteiger partial charge in [0.15, 0.2) is 0 Å². The van der Waals surface area contributed by atoms with Gasteiger partial charge in [-0.1, -0.05) is 42.5 Å². The van der Waals surface area contributed by atoms with E-state index < -0.39 is 17.9 Å². The van der Waals surface area contributed by atoms with Gasteiger partial charge in [-0.05, 0) is 30.2 Å². The highest BCUT2D eigenvalue weighted by atomic mass is 16.7. The van der Waals surface area contributed by atoms with Gasteiger partial charge in [-0.3, -0.25) is 9.63 Å². The zero-order valence-electron chi connectivity index (χ0n) is 15.4. The maximum absolute atomic E-state index is 12.7. The van der Waals surface area contributed by atoms with Gasteiger partial charge in [0, 0.05) is 0 Å². The standard InChI is InChI=1S/C21H23NO5/c1-15-19(13-23)20(22(27-15)12-16-6-4-3-5-7-16)21(24)26-14-17-8-10-18(25-2)11-9-17/h3-11,13,15,19-20H,12,14H2,1-2H3/t15-,19-,20+/m1/s1. The van der Waals surface area contributed by atoms with Crippen LogP contribution in [0.25, 0.3) is 0 Å². The minimum atomic E-state index is -0.768. The summed E-state index contributed by atoms with van der Waals surface area (Å²) in [6.45, 7) is 2.31. The van der Waals surface area contributed by atoms with Crippen LogP contribution in [0.4, 0.5) is 0 Å². The first kappa shape index (κ1) is 19.1. The molecule has 0 radical (unpaired) electrons. The molecule has 1 aliphatic rings. The molecule has 142 valence electrons. The summed E-state index contributed by atoms with van der Waals surface area (Å²) in [5, 5.41) is 1.55. The van der Waals surface area contributed by atoms with Gasteiger partial charge in [0.2, 0.25) is 0 Å². The summed E-state index contributed by atoms with van der Waals surface area (Å²) in [5.41, 5.74) is 1.83. The molecule has 0 unspecified atom stereocenters. The van der Waals surface area contributed by atoms with Crippen LogP contribution in [0, 0.1) is 5.92 Å². The second kappa shape index (κ2) is 8.79. The average Bonchev–Trinajstić information content (AvgIpc) is 3.02. The van der Waals surface area contributed by atoms with E-state index in [2.05, 4.69) is 0 Å². The van der Waals surface area contributed by atoms with Gasteiger partial charge >= 0.3 is 5.97 Å². The predicted octanol–water partition coefficient (Wildman–Crippen LogP) is 2.76. The van der Waals surface area contributed by atoms with E-state index in [1.54, 1.807) is 31.2 Å². The maximum Gasteiger partial charge on any atom is 0.326 e. The maximum atomic E-state index is 12.7. The number of rotatable bonds is 7. The largest absolute Gasteiger partial charge is 0.497 e. The smallest absolute Gasteiger partial charge is 0.326 e. The van der Waals surface area contributed by atoms with E-state index in [4.69, 9.17) is 14.3 Å². The number of carbonyl (C=O) groups excluding carboxylic acids is 2. The highest BCUT2D eigenvalue weighted by Gasteiger charge is 2.46. The lowest BCUT2D eigenvalue weighted by Gasteiger charge is -2.22. The number of benzene rings is 2. The molecule has 0 saturated carbocycles. The summed E-state index contributed by atoms with van der Waals surface area (Å²) in [5.74, 6) is -0.307. The number of hydrogen-bond donors (Lipinski definition) is 0. The van der Waals surface area contributed by atoms with Crippen molar-refractivity contribution in [2.75, 3.05) is 7.11 Å². The Morgan fingerprint density at radius 2 is 1.81 bits per heavy atom. The number of hydroxylamine groups is 2. The third kappa shape index (κ3) is 4.53. The van der Waals surface area contributed by atoms with Gasteiger partial charge in [0.1, 0.15) is 24.7 Å². The Morgan fingerprint density at radius 1 is 1.11 bits per heavy atom. The van der Waals surface area contributed by atoms with Crippen molar-refractivity contribution in [1.82, 2.24) is 5.06 Å². The number of carbonyl (C=O) groups is 2. The molecule has 0 amide bonds. The fourth-order valence-corrected chi connectivity index (χ4v) is 3.12. The normalized spacial score (nSPS) is 22.4. The second-order valence-corrected chi connectivity index (χ2v) is 6.49.